The summed E-state index contributed by atoms with van der Waals surface area (Å²) in [5.74, 6) is -0.456. The molecule has 0 saturated heterocycles. The van der Waals surface area contributed by atoms with Gasteiger partial charge in [-0.3, -0.25) is 4.79 Å². The highest BCUT2D eigenvalue weighted by atomic mass is 32.2. The molecule has 0 aromatic heterocycles. The molecule has 0 aliphatic heterocycles. The van der Waals surface area contributed by atoms with Crippen molar-refractivity contribution in [2.45, 2.75) is 56.4 Å². The molecule has 0 aromatic carbocycles. The number of carbonyl (C=O) groups is 1. The molecule has 2 atom stereocenters. The van der Waals surface area contributed by atoms with Crippen molar-refractivity contribution in [3.8, 4) is 0 Å². The van der Waals surface area contributed by atoms with Crippen molar-refractivity contribution < 1.29 is 13.2 Å². The predicted molar refractivity (Wildman–Crippen MR) is 67.3 cm³/mol. The first-order chi connectivity index (χ1) is 7.66. The maximum atomic E-state index is 12.0. The average Bonchev–Trinajstić information content (AvgIpc) is 2.19. The number of hydrogen-bond donors (Lipinski definition) is 2. The number of nitrogens with one attached hydrogen (secondary N) is 1. The summed E-state index contributed by atoms with van der Waals surface area (Å²) >= 11 is 0. The first kappa shape index (κ1) is 14.4. The van der Waals surface area contributed by atoms with Crippen molar-refractivity contribution in [3.63, 3.8) is 0 Å². The Labute approximate surface area is 103 Å². The molecule has 0 aromatic rings. The summed E-state index contributed by atoms with van der Waals surface area (Å²) in [5, 5.41) is 2.77. The molecule has 17 heavy (non-hydrogen) atoms. The Morgan fingerprint density at radius 3 is 2.29 bits per heavy atom. The summed E-state index contributed by atoms with van der Waals surface area (Å²) in [7, 11) is -3.42. The fourth-order valence-corrected chi connectivity index (χ4v) is 2.25. The zero-order chi connectivity index (χ0) is 13.3. The highest BCUT2D eigenvalue weighted by Gasteiger charge is 2.40. The minimum absolute atomic E-state index is 0.0666. The molecule has 100 valence electrons. The minimum Gasteiger partial charge on any atom is -0.350 e. The molecule has 0 bridgehead atoms. The number of amides is 1. The summed E-state index contributed by atoms with van der Waals surface area (Å²) in [6, 6.07) is -0.166. The van der Waals surface area contributed by atoms with Gasteiger partial charge >= 0.3 is 0 Å². The van der Waals surface area contributed by atoms with Crippen LogP contribution in [0.25, 0.3) is 0 Å². The Kier molecular flexibility index (Phi) is 4.19. The zero-order valence-electron chi connectivity index (χ0n) is 10.7. The second kappa shape index (κ2) is 4.94. The fourth-order valence-electron chi connectivity index (χ4n) is 1.85. The Balaban J connectivity index is 2.72. The molecule has 1 rings (SSSR count). The van der Waals surface area contributed by atoms with Crippen molar-refractivity contribution in [1.82, 2.24) is 5.32 Å². The molecule has 1 saturated carbocycles. The molecule has 0 heterocycles. The van der Waals surface area contributed by atoms with Gasteiger partial charge in [-0.05, 0) is 26.7 Å². The van der Waals surface area contributed by atoms with Crippen molar-refractivity contribution in [3.05, 3.63) is 0 Å². The van der Waals surface area contributed by atoms with E-state index >= 15 is 0 Å². The van der Waals surface area contributed by atoms with Gasteiger partial charge in [-0.1, -0.05) is 12.8 Å². The van der Waals surface area contributed by atoms with Crippen LogP contribution in [0.1, 0.15) is 39.5 Å². The lowest BCUT2D eigenvalue weighted by Crippen LogP contribution is -2.56. The van der Waals surface area contributed by atoms with Crippen LogP contribution < -0.4 is 11.1 Å². The fraction of sp³-hybridized carbons (Fsp3) is 0.909. The van der Waals surface area contributed by atoms with Crippen LogP contribution in [0.5, 0.6) is 0 Å². The second-order valence-electron chi connectivity index (χ2n) is 5.31. The average molecular weight is 262 g/mol. The number of nitrogens with two attached hydrogens (primary N) is 1. The first-order valence-electron chi connectivity index (χ1n) is 5.92. The molecule has 0 spiro atoms. The van der Waals surface area contributed by atoms with Gasteiger partial charge in [0.25, 0.3) is 0 Å². The summed E-state index contributed by atoms with van der Waals surface area (Å²) in [6.45, 7) is 2.85. The van der Waals surface area contributed by atoms with Crippen LogP contribution in [-0.4, -0.2) is 37.4 Å². The van der Waals surface area contributed by atoms with E-state index in [-0.39, 0.29) is 12.1 Å². The zero-order valence-corrected chi connectivity index (χ0v) is 11.5. The van der Waals surface area contributed by atoms with E-state index in [1.165, 1.54) is 13.8 Å². The largest absolute Gasteiger partial charge is 0.350 e. The molecule has 0 unspecified atom stereocenters. The van der Waals surface area contributed by atoms with Gasteiger partial charge in [0.1, 0.15) is 4.75 Å². The minimum atomic E-state index is -3.42. The van der Waals surface area contributed by atoms with Gasteiger partial charge in [0.05, 0.1) is 0 Å². The molecule has 1 aliphatic carbocycles. The van der Waals surface area contributed by atoms with E-state index in [1.54, 1.807) is 0 Å². The summed E-state index contributed by atoms with van der Waals surface area (Å²) in [5.41, 5.74) is 5.92. The smallest absolute Gasteiger partial charge is 0.241 e. The highest BCUT2D eigenvalue weighted by Crippen LogP contribution is 2.20. The van der Waals surface area contributed by atoms with E-state index in [0.717, 1.165) is 31.9 Å². The Morgan fingerprint density at radius 1 is 1.29 bits per heavy atom. The van der Waals surface area contributed by atoms with E-state index < -0.39 is 20.5 Å². The number of carbonyl (C=O) groups excluding carboxylic acids is 1. The van der Waals surface area contributed by atoms with Gasteiger partial charge < -0.3 is 11.1 Å². The standard InChI is InChI=1S/C11H22N2O3S/c1-11(2,17(3,15)16)10(14)13-9-7-5-4-6-8(9)12/h8-9H,4-7,12H2,1-3H3,(H,13,14)/t8-,9-/m1/s1. The lowest BCUT2D eigenvalue weighted by atomic mass is 9.90. The van der Waals surface area contributed by atoms with E-state index in [1.807, 2.05) is 0 Å². The Morgan fingerprint density at radius 2 is 1.82 bits per heavy atom. The van der Waals surface area contributed by atoms with Crippen molar-refractivity contribution in [2.24, 2.45) is 5.73 Å². The van der Waals surface area contributed by atoms with Crippen molar-refractivity contribution in [2.75, 3.05) is 6.26 Å². The quantitative estimate of drug-likeness (QED) is 0.760. The van der Waals surface area contributed by atoms with Gasteiger partial charge in [-0.15, -0.1) is 0 Å². The molecular formula is C11H22N2O3S. The van der Waals surface area contributed by atoms with Crippen LogP contribution in [0.2, 0.25) is 0 Å². The topological polar surface area (TPSA) is 89.3 Å². The maximum absolute atomic E-state index is 12.0. The molecule has 0 radical (unpaired) electrons. The van der Waals surface area contributed by atoms with Crippen molar-refractivity contribution >= 4 is 15.7 Å². The summed E-state index contributed by atoms with van der Waals surface area (Å²) < 4.78 is 21.7. The Hall–Kier alpha value is -0.620. The second-order valence-corrected chi connectivity index (χ2v) is 7.88. The highest BCUT2D eigenvalue weighted by molar-refractivity contribution is 7.92. The van der Waals surface area contributed by atoms with Crippen LogP contribution in [0, 0.1) is 0 Å². The van der Waals surface area contributed by atoms with E-state index in [9.17, 15) is 13.2 Å². The van der Waals surface area contributed by atoms with E-state index in [2.05, 4.69) is 5.32 Å². The number of hydrogen-bond acceptors (Lipinski definition) is 4. The SMILES string of the molecule is CC(C)(C(=O)N[C@@H]1CCCC[C@H]1N)S(C)(=O)=O. The Bertz CT molecular complexity index is 390. The van der Waals surface area contributed by atoms with E-state index in [4.69, 9.17) is 5.73 Å². The number of rotatable bonds is 3. The normalized spacial score (nSPS) is 26.6. The van der Waals surface area contributed by atoms with Crippen LogP contribution in [-0.2, 0) is 14.6 Å². The van der Waals surface area contributed by atoms with Gasteiger partial charge in [0.2, 0.25) is 5.91 Å². The third-order valence-corrected chi connectivity index (χ3v) is 5.65. The maximum Gasteiger partial charge on any atom is 0.241 e. The van der Waals surface area contributed by atoms with Crippen molar-refractivity contribution in [1.29, 1.82) is 0 Å². The first-order valence-corrected chi connectivity index (χ1v) is 7.81. The molecular weight excluding hydrogens is 240 g/mol. The molecule has 1 amide bonds. The molecule has 6 heteroatoms. The van der Waals surface area contributed by atoms with Gasteiger partial charge in [0, 0.05) is 18.3 Å². The van der Waals surface area contributed by atoms with E-state index in [0.29, 0.717) is 0 Å². The lowest BCUT2D eigenvalue weighted by molar-refractivity contribution is -0.123. The molecule has 3 N–H and O–H groups in total. The van der Waals surface area contributed by atoms with Gasteiger partial charge in [-0.2, -0.15) is 0 Å². The number of sulfone groups is 1. The summed E-state index contributed by atoms with van der Waals surface area (Å²) in [6.07, 6.45) is 4.88. The van der Waals surface area contributed by atoms with Gasteiger partial charge in [0.15, 0.2) is 9.84 Å². The third-order valence-electron chi connectivity index (χ3n) is 3.61. The summed E-state index contributed by atoms with van der Waals surface area (Å²) in [4.78, 5) is 12.0. The third kappa shape index (κ3) is 3.19. The van der Waals surface area contributed by atoms with Crippen LogP contribution in [0.3, 0.4) is 0 Å². The lowest BCUT2D eigenvalue weighted by Gasteiger charge is -2.32. The molecule has 1 aliphatic rings. The van der Waals surface area contributed by atoms with Crippen LogP contribution in [0.4, 0.5) is 0 Å². The van der Waals surface area contributed by atoms with Gasteiger partial charge in [-0.25, -0.2) is 8.42 Å². The van der Waals surface area contributed by atoms with Crippen LogP contribution in [0.15, 0.2) is 0 Å². The predicted octanol–water partition coefficient (Wildman–Crippen LogP) is 0.196. The molecule has 1 fully saturated rings. The van der Waals surface area contributed by atoms with Crippen LogP contribution >= 0.6 is 0 Å². The monoisotopic (exact) mass is 262 g/mol. The molecule has 5 nitrogen and oxygen atoms in total.